The lowest BCUT2D eigenvalue weighted by molar-refractivity contribution is -0.118. The van der Waals surface area contributed by atoms with E-state index in [2.05, 4.69) is 5.32 Å². The minimum absolute atomic E-state index is 0.106. The second-order valence-corrected chi connectivity index (χ2v) is 4.88. The molecule has 22 heavy (non-hydrogen) atoms. The van der Waals surface area contributed by atoms with Gasteiger partial charge in [0.1, 0.15) is 5.75 Å². The van der Waals surface area contributed by atoms with Gasteiger partial charge in [-0.1, -0.05) is 25.1 Å². The maximum atomic E-state index is 13.0. The Bertz CT molecular complexity index is 686. The number of anilines is 1. The molecule has 1 N–H and O–H groups in total. The highest BCUT2D eigenvalue weighted by Gasteiger charge is 2.10. The van der Waals surface area contributed by atoms with Gasteiger partial charge in [0.05, 0.1) is 0 Å². The van der Waals surface area contributed by atoms with Crippen LogP contribution < -0.4 is 10.1 Å². The molecular weight excluding hydrogens is 288 g/mol. The average molecular weight is 305 g/mol. The van der Waals surface area contributed by atoms with Gasteiger partial charge in [0.2, 0.25) is 0 Å². The number of benzene rings is 2. The lowest BCUT2D eigenvalue weighted by Crippen LogP contribution is -2.21. The summed E-state index contributed by atoms with van der Waals surface area (Å²) in [5.41, 5.74) is 2.76. The van der Waals surface area contributed by atoms with E-state index in [4.69, 9.17) is 4.74 Å². The van der Waals surface area contributed by atoms with E-state index < -0.39 is 11.6 Å². The summed E-state index contributed by atoms with van der Waals surface area (Å²) in [6.07, 6.45) is 0.793. The standard InChI is InChI=1S/C17H17F2NO2/c1-3-12-6-4-5-11(2)17(12)20-16(21)10-22-13-7-8-14(18)15(19)9-13/h4-9H,3,10H2,1-2H3,(H,20,21). The highest BCUT2D eigenvalue weighted by atomic mass is 19.2. The van der Waals surface area contributed by atoms with E-state index >= 15 is 0 Å². The van der Waals surface area contributed by atoms with Crippen molar-refractivity contribution < 1.29 is 18.3 Å². The number of hydrogen-bond acceptors (Lipinski definition) is 2. The zero-order valence-electron chi connectivity index (χ0n) is 12.5. The number of hydrogen-bond donors (Lipinski definition) is 1. The normalized spacial score (nSPS) is 10.4. The number of carbonyl (C=O) groups excluding carboxylic acids is 1. The van der Waals surface area contributed by atoms with Gasteiger partial charge < -0.3 is 10.1 Å². The van der Waals surface area contributed by atoms with Crippen LogP contribution in [-0.2, 0) is 11.2 Å². The van der Waals surface area contributed by atoms with Crippen LogP contribution in [0.2, 0.25) is 0 Å². The Kier molecular flexibility index (Phi) is 5.09. The van der Waals surface area contributed by atoms with Crippen molar-refractivity contribution in [1.82, 2.24) is 0 Å². The van der Waals surface area contributed by atoms with Crippen LogP contribution in [0.3, 0.4) is 0 Å². The Morgan fingerprint density at radius 3 is 2.64 bits per heavy atom. The van der Waals surface area contributed by atoms with Gasteiger partial charge in [0.15, 0.2) is 18.2 Å². The van der Waals surface area contributed by atoms with Crippen LogP contribution in [0.25, 0.3) is 0 Å². The monoisotopic (exact) mass is 305 g/mol. The van der Waals surface area contributed by atoms with E-state index in [-0.39, 0.29) is 18.3 Å². The lowest BCUT2D eigenvalue weighted by Gasteiger charge is -2.13. The predicted molar refractivity (Wildman–Crippen MR) is 81.0 cm³/mol. The maximum Gasteiger partial charge on any atom is 0.262 e. The van der Waals surface area contributed by atoms with Crippen LogP contribution >= 0.6 is 0 Å². The van der Waals surface area contributed by atoms with Crippen molar-refractivity contribution in [2.75, 3.05) is 11.9 Å². The zero-order chi connectivity index (χ0) is 16.1. The Morgan fingerprint density at radius 1 is 1.18 bits per heavy atom. The molecule has 3 nitrogen and oxygen atoms in total. The van der Waals surface area contributed by atoms with Crippen LogP contribution in [0.1, 0.15) is 18.1 Å². The quantitative estimate of drug-likeness (QED) is 0.911. The second kappa shape index (κ2) is 7.02. The van der Waals surface area contributed by atoms with E-state index in [1.54, 1.807) is 0 Å². The number of nitrogens with one attached hydrogen (secondary N) is 1. The van der Waals surface area contributed by atoms with E-state index in [0.29, 0.717) is 0 Å². The first-order valence-corrected chi connectivity index (χ1v) is 6.97. The van der Waals surface area contributed by atoms with Crippen LogP contribution in [0.4, 0.5) is 14.5 Å². The molecule has 0 atom stereocenters. The molecule has 0 spiro atoms. The number of carbonyl (C=O) groups is 1. The second-order valence-electron chi connectivity index (χ2n) is 4.88. The molecule has 5 heteroatoms. The number of amides is 1. The minimum Gasteiger partial charge on any atom is -0.484 e. The molecule has 0 bridgehead atoms. The van der Waals surface area contributed by atoms with Gasteiger partial charge in [-0.05, 0) is 36.6 Å². The largest absolute Gasteiger partial charge is 0.484 e. The average Bonchev–Trinajstić information content (AvgIpc) is 2.50. The van der Waals surface area contributed by atoms with E-state index in [0.717, 1.165) is 35.4 Å². The van der Waals surface area contributed by atoms with E-state index in [9.17, 15) is 13.6 Å². The number of para-hydroxylation sites is 1. The van der Waals surface area contributed by atoms with Crippen molar-refractivity contribution in [2.45, 2.75) is 20.3 Å². The smallest absolute Gasteiger partial charge is 0.262 e. The number of ether oxygens (including phenoxy) is 1. The third kappa shape index (κ3) is 3.81. The third-order valence-electron chi connectivity index (χ3n) is 3.27. The van der Waals surface area contributed by atoms with Crippen molar-refractivity contribution in [3.8, 4) is 5.75 Å². The summed E-state index contributed by atoms with van der Waals surface area (Å²) < 4.78 is 31.0. The maximum absolute atomic E-state index is 13.0. The van der Waals surface area contributed by atoms with Gasteiger partial charge in [0, 0.05) is 11.8 Å². The fourth-order valence-electron chi connectivity index (χ4n) is 2.09. The molecule has 0 aliphatic rings. The molecule has 0 aromatic heterocycles. The van der Waals surface area contributed by atoms with Gasteiger partial charge in [-0.3, -0.25) is 4.79 Å². The zero-order valence-corrected chi connectivity index (χ0v) is 12.5. The summed E-state index contributed by atoms with van der Waals surface area (Å²) in [5, 5.41) is 2.79. The van der Waals surface area contributed by atoms with Gasteiger partial charge in [-0.2, -0.15) is 0 Å². The molecule has 2 rings (SSSR count). The Hall–Kier alpha value is -2.43. The van der Waals surface area contributed by atoms with Gasteiger partial charge in [-0.15, -0.1) is 0 Å². The van der Waals surface area contributed by atoms with E-state index in [1.165, 1.54) is 6.07 Å². The number of aryl methyl sites for hydroxylation is 2. The highest BCUT2D eigenvalue weighted by Crippen LogP contribution is 2.21. The Morgan fingerprint density at radius 2 is 1.95 bits per heavy atom. The van der Waals surface area contributed by atoms with Crippen LogP contribution in [0.5, 0.6) is 5.75 Å². The molecular formula is C17H17F2NO2. The molecule has 0 fully saturated rings. The number of rotatable bonds is 5. The molecule has 0 saturated carbocycles. The summed E-state index contributed by atoms with van der Waals surface area (Å²) in [6, 6.07) is 8.93. The van der Waals surface area contributed by atoms with Crippen molar-refractivity contribution in [2.24, 2.45) is 0 Å². The summed E-state index contributed by atoms with van der Waals surface area (Å²) in [7, 11) is 0. The molecule has 0 radical (unpaired) electrons. The first-order valence-electron chi connectivity index (χ1n) is 6.97. The number of halogens is 2. The highest BCUT2D eigenvalue weighted by molar-refractivity contribution is 5.93. The predicted octanol–water partition coefficient (Wildman–Crippen LogP) is 3.85. The molecule has 2 aromatic carbocycles. The Balaban J connectivity index is 2.00. The summed E-state index contributed by atoms with van der Waals surface area (Å²) >= 11 is 0. The fourth-order valence-corrected chi connectivity index (χ4v) is 2.09. The summed E-state index contributed by atoms with van der Waals surface area (Å²) in [6.45, 7) is 3.63. The van der Waals surface area contributed by atoms with Crippen molar-refractivity contribution in [3.63, 3.8) is 0 Å². The van der Waals surface area contributed by atoms with Crippen LogP contribution in [0, 0.1) is 18.6 Å². The summed E-state index contributed by atoms with van der Waals surface area (Å²) in [5.74, 6) is -2.21. The van der Waals surface area contributed by atoms with Crippen LogP contribution in [-0.4, -0.2) is 12.5 Å². The molecule has 0 aliphatic heterocycles. The first-order chi connectivity index (χ1) is 10.5. The SMILES string of the molecule is CCc1cccc(C)c1NC(=O)COc1ccc(F)c(F)c1. The van der Waals surface area contributed by atoms with Gasteiger partial charge in [-0.25, -0.2) is 8.78 Å². The minimum atomic E-state index is -1.01. The molecule has 0 saturated heterocycles. The lowest BCUT2D eigenvalue weighted by atomic mass is 10.1. The molecule has 2 aromatic rings. The molecule has 116 valence electrons. The Labute approximate surface area is 127 Å². The van der Waals surface area contributed by atoms with Crippen molar-refractivity contribution in [3.05, 3.63) is 59.2 Å². The van der Waals surface area contributed by atoms with Gasteiger partial charge >= 0.3 is 0 Å². The fraction of sp³-hybridized carbons (Fsp3) is 0.235. The first kappa shape index (κ1) is 15.9. The van der Waals surface area contributed by atoms with Crippen molar-refractivity contribution in [1.29, 1.82) is 0 Å². The molecule has 1 amide bonds. The molecule has 0 unspecified atom stereocenters. The van der Waals surface area contributed by atoms with Gasteiger partial charge in [0.25, 0.3) is 5.91 Å². The molecule has 0 heterocycles. The van der Waals surface area contributed by atoms with Crippen molar-refractivity contribution >= 4 is 11.6 Å². The molecule has 0 aliphatic carbocycles. The topological polar surface area (TPSA) is 38.3 Å². The summed E-state index contributed by atoms with van der Waals surface area (Å²) in [4.78, 5) is 12.0. The van der Waals surface area contributed by atoms with E-state index in [1.807, 2.05) is 32.0 Å². The van der Waals surface area contributed by atoms with Crippen LogP contribution in [0.15, 0.2) is 36.4 Å². The third-order valence-corrected chi connectivity index (χ3v) is 3.27.